The Morgan fingerprint density at radius 1 is 1.03 bits per heavy atom. The van der Waals surface area contributed by atoms with Gasteiger partial charge < -0.3 is 20.1 Å². The number of hydrogen-bond donors (Lipinski definition) is 2. The van der Waals surface area contributed by atoms with Crippen LogP contribution in [0.15, 0.2) is 59.5 Å². The maximum absolute atomic E-state index is 13.1. The SMILES string of the molecule is CCOC(=O)c1c(NC(=O)C(C)Sc2cccc(NC(=O)COc3ccccc3)c2)sc2c1CCCC2. The van der Waals surface area contributed by atoms with Crippen LogP contribution in [0.1, 0.15) is 47.5 Å². The van der Waals surface area contributed by atoms with Crippen LogP contribution in [0, 0.1) is 0 Å². The topological polar surface area (TPSA) is 93.7 Å². The standard InChI is InChI=1S/C28H30N2O5S2/c1-3-34-28(33)25-22-14-7-8-15-23(22)37-27(25)30-26(32)18(2)36-21-13-9-10-19(16-21)29-24(31)17-35-20-11-5-4-6-12-20/h4-6,9-13,16,18H,3,7-8,14-15,17H2,1-2H3,(H,29,31)(H,30,32). The third-order valence-electron chi connectivity index (χ3n) is 5.80. The first-order valence-corrected chi connectivity index (χ1v) is 14.0. The highest BCUT2D eigenvalue weighted by atomic mass is 32.2. The average Bonchev–Trinajstić information content (AvgIpc) is 3.26. The number of aryl methyl sites for hydroxylation is 1. The molecule has 0 spiro atoms. The molecular weight excluding hydrogens is 508 g/mol. The number of thiophene rings is 1. The molecule has 0 saturated carbocycles. The highest BCUT2D eigenvalue weighted by Gasteiger charge is 2.28. The lowest BCUT2D eigenvalue weighted by Crippen LogP contribution is -2.23. The van der Waals surface area contributed by atoms with Crippen LogP contribution in [0.5, 0.6) is 5.75 Å². The summed E-state index contributed by atoms with van der Waals surface area (Å²) in [6.07, 6.45) is 3.86. The number of rotatable bonds is 10. The molecule has 0 bridgehead atoms. The van der Waals surface area contributed by atoms with E-state index in [4.69, 9.17) is 9.47 Å². The summed E-state index contributed by atoms with van der Waals surface area (Å²) in [6.45, 7) is 3.78. The molecule has 2 aromatic carbocycles. The number of fused-ring (bicyclic) bond motifs is 1. The van der Waals surface area contributed by atoms with Crippen molar-refractivity contribution in [2.75, 3.05) is 23.8 Å². The molecule has 1 aromatic heterocycles. The summed E-state index contributed by atoms with van der Waals surface area (Å²) < 4.78 is 10.8. The minimum atomic E-state index is -0.429. The maximum Gasteiger partial charge on any atom is 0.341 e. The maximum atomic E-state index is 13.1. The molecule has 0 aliphatic heterocycles. The highest BCUT2D eigenvalue weighted by Crippen LogP contribution is 2.39. The predicted octanol–water partition coefficient (Wildman–Crippen LogP) is 5.94. The Balaban J connectivity index is 1.37. The number of para-hydroxylation sites is 1. The lowest BCUT2D eigenvalue weighted by molar-refractivity contribution is -0.118. The van der Waals surface area contributed by atoms with Gasteiger partial charge in [-0.15, -0.1) is 23.1 Å². The summed E-state index contributed by atoms with van der Waals surface area (Å²) in [4.78, 5) is 40.1. The summed E-state index contributed by atoms with van der Waals surface area (Å²) >= 11 is 2.85. The van der Waals surface area contributed by atoms with Crippen LogP contribution in [0.25, 0.3) is 0 Å². The number of hydrogen-bond acceptors (Lipinski definition) is 7. The van der Waals surface area contributed by atoms with Gasteiger partial charge in [0.25, 0.3) is 5.91 Å². The molecule has 1 aliphatic carbocycles. The van der Waals surface area contributed by atoms with Gasteiger partial charge in [0, 0.05) is 15.5 Å². The molecule has 4 rings (SSSR count). The molecule has 0 saturated heterocycles. The monoisotopic (exact) mass is 538 g/mol. The fourth-order valence-corrected chi connectivity index (χ4v) is 6.26. The molecule has 1 atom stereocenters. The molecule has 37 heavy (non-hydrogen) atoms. The molecule has 0 fully saturated rings. The van der Waals surface area contributed by atoms with E-state index in [9.17, 15) is 14.4 Å². The molecular formula is C28H30N2O5S2. The van der Waals surface area contributed by atoms with Crippen LogP contribution in [-0.2, 0) is 27.2 Å². The van der Waals surface area contributed by atoms with E-state index in [0.29, 0.717) is 22.0 Å². The first kappa shape index (κ1) is 26.8. The molecule has 1 heterocycles. The second-order valence-corrected chi connectivity index (χ2v) is 11.1. The van der Waals surface area contributed by atoms with Crippen molar-refractivity contribution < 1.29 is 23.9 Å². The van der Waals surface area contributed by atoms with Crippen molar-refractivity contribution in [1.82, 2.24) is 0 Å². The Hall–Kier alpha value is -3.30. The Bertz CT molecular complexity index is 1260. The van der Waals surface area contributed by atoms with Gasteiger partial charge in [-0.3, -0.25) is 9.59 Å². The van der Waals surface area contributed by atoms with Gasteiger partial charge in [-0.25, -0.2) is 4.79 Å². The van der Waals surface area contributed by atoms with Gasteiger partial charge in [0.15, 0.2) is 6.61 Å². The van der Waals surface area contributed by atoms with Crippen LogP contribution >= 0.6 is 23.1 Å². The van der Waals surface area contributed by atoms with E-state index in [1.54, 1.807) is 25.1 Å². The van der Waals surface area contributed by atoms with Crippen molar-refractivity contribution in [1.29, 1.82) is 0 Å². The summed E-state index contributed by atoms with van der Waals surface area (Å²) in [7, 11) is 0. The number of ether oxygens (including phenoxy) is 2. The van der Waals surface area contributed by atoms with Gasteiger partial charge in [-0.2, -0.15) is 0 Å². The van der Waals surface area contributed by atoms with E-state index in [1.807, 2.05) is 43.3 Å². The van der Waals surface area contributed by atoms with E-state index in [0.717, 1.165) is 41.0 Å². The third kappa shape index (κ3) is 7.14. The molecule has 9 heteroatoms. The minimum absolute atomic E-state index is 0.103. The number of benzene rings is 2. The Morgan fingerprint density at radius 2 is 1.81 bits per heavy atom. The lowest BCUT2D eigenvalue weighted by Gasteiger charge is -2.14. The predicted molar refractivity (Wildman–Crippen MR) is 148 cm³/mol. The first-order chi connectivity index (χ1) is 17.9. The molecule has 2 N–H and O–H groups in total. The molecule has 0 radical (unpaired) electrons. The van der Waals surface area contributed by atoms with Gasteiger partial charge in [0.1, 0.15) is 10.8 Å². The van der Waals surface area contributed by atoms with Crippen molar-refractivity contribution in [3.63, 3.8) is 0 Å². The van der Waals surface area contributed by atoms with Gasteiger partial charge in [-0.1, -0.05) is 24.3 Å². The zero-order valence-electron chi connectivity index (χ0n) is 20.9. The summed E-state index contributed by atoms with van der Waals surface area (Å²) in [6, 6.07) is 16.5. The van der Waals surface area contributed by atoms with E-state index in [-0.39, 0.29) is 31.0 Å². The number of esters is 1. The van der Waals surface area contributed by atoms with Crippen molar-refractivity contribution in [2.24, 2.45) is 0 Å². The first-order valence-electron chi connectivity index (χ1n) is 12.3. The fraction of sp³-hybridized carbons (Fsp3) is 0.321. The Labute approximate surface area is 224 Å². The minimum Gasteiger partial charge on any atom is -0.484 e. The molecule has 1 unspecified atom stereocenters. The average molecular weight is 539 g/mol. The Morgan fingerprint density at radius 3 is 2.59 bits per heavy atom. The normalized spacial score (nSPS) is 13.2. The number of thioether (sulfide) groups is 1. The number of carbonyl (C=O) groups is 3. The van der Waals surface area contributed by atoms with E-state index in [1.165, 1.54) is 23.1 Å². The quantitative estimate of drug-likeness (QED) is 0.245. The van der Waals surface area contributed by atoms with E-state index >= 15 is 0 Å². The molecule has 3 aromatic rings. The molecule has 1 aliphatic rings. The zero-order valence-corrected chi connectivity index (χ0v) is 22.5. The van der Waals surface area contributed by atoms with Crippen molar-refractivity contribution in [3.05, 3.63) is 70.6 Å². The molecule has 7 nitrogen and oxygen atoms in total. The highest BCUT2D eigenvalue weighted by molar-refractivity contribution is 8.00. The second kappa shape index (κ2) is 12.8. The zero-order chi connectivity index (χ0) is 26.2. The van der Waals surface area contributed by atoms with Crippen LogP contribution in [0.3, 0.4) is 0 Å². The Kier molecular flexibility index (Phi) is 9.24. The number of nitrogens with one attached hydrogen (secondary N) is 2. The summed E-state index contributed by atoms with van der Waals surface area (Å²) in [5.41, 5.74) is 2.15. The fourth-order valence-electron chi connectivity index (χ4n) is 4.05. The van der Waals surface area contributed by atoms with Gasteiger partial charge in [0.2, 0.25) is 5.91 Å². The van der Waals surface area contributed by atoms with Crippen molar-refractivity contribution >= 4 is 51.6 Å². The second-order valence-electron chi connectivity index (χ2n) is 8.56. The van der Waals surface area contributed by atoms with Crippen molar-refractivity contribution in [2.45, 2.75) is 49.7 Å². The van der Waals surface area contributed by atoms with Crippen LogP contribution in [0.4, 0.5) is 10.7 Å². The molecule has 2 amide bonds. The summed E-state index contributed by atoms with van der Waals surface area (Å²) in [5.74, 6) is -0.221. The smallest absolute Gasteiger partial charge is 0.341 e. The van der Waals surface area contributed by atoms with Crippen LogP contribution in [-0.4, -0.2) is 36.2 Å². The van der Waals surface area contributed by atoms with Crippen LogP contribution in [0.2, 0.25) is 0 Å². The number of anilines is 2. The summed E-state index contributed by atoms with van der Waals surface area (Å²) in [5, 5.41) is 5.95. The largest absolute Gasteiger partial charge is 0.484 e. The third-order valence-corrected chi connectivity index (χ3v) is 8.10. The number of amides is 2. The van der Waals surface area contributed by atoms with Gasteiger partial charge in [-0.05, 0) is 75.4 Å². The van der Waals surface area contributed by atoms with Crippen molar-refractivity contribution in [3.8, 4) is 5.75 Å². The van der Waals surface area contributed by atoms with E-state index < -0.39 is 5.25 Å². The van der Waals surface area contributed by atoms with Gasteiger partial charge in [0.05, 0.1) is 17.4 Å². The lowest BCUT2D eigenvalue weighted by atomic mass is 9.95. The number of carbonyl (C=O) groups excluding carboxylic acids is 3. The van der Waals surface area contributed by atoms with E-state index in [2.05, 4.69) is 10.6 Å². The van der Waals surface area contributed by atoms with Crippen LogP contribution < -0.4 is 15.4 Å². The molecule has 194 valence electrons. The van der Waals surface area contributed by atoms with Gasteiger partial charge >= 0.3 is 5.97 Å².